The molecule has 7 nitrogen and oxygen atoms in total. The quantitative estimate of drug-likeness (QED) is 0.185. The number of amides is 1. The van der Waals surface area contributed by atoms with Crippen LogP contribution in [0.4, 0.5) is 5.69 Å². The van der Waals surface area contributed by atoms with E-state index in [9.17, 15) is 9.59 Å². The second-order valence-electron chi connectivity index (χ2n) is 8.46. The van der Waals surface area contributed by atoms with Crippen molar-refractivity contribution in [2.75, 3.05) is 11.1 Å². The standard InChI is InChI=1S/C28H25N3O4S2/c1-18-19(2)37-26-25(18)27(33)31(15-23-9-6-14-34-23)28(30-26)36-17-24(32)29-21-10-12-22(13-11-21)35-16-20-7-4-3-5-8-20/h3-14H,15-17H2,1-2H3,(H,29,32). The van der Waals surface area contributed by atoms with Gasteiger partial charge in [-0.3, -0.25) is 14.2 Å². The Morgan fingerprint density at radius 1 is 1.08 bits per heavy atom. The molecule has 0 fully saturated rings. The summed E-state index contributed by atoms with van der Waals surface area (Å²) in [5.74, 6) is 1.28. The number of hydrogen-bond donors (Lipinski definition) is 1. The van der Waals surface area contributed by atoms with Crippen LogP contribution in [-0.4, -0.2) is 21.2 Å². The summed E-state index contributed by atoms with van der Waals surface area (Å²) in [6.45, 7) is 4.64. The van der Waals surface area contributed by atoms with E-state index in [4.69, 9.17) is 14.1 Å². The predicted molar refractivity (Wildman–Crippen MR) is 148 cm³/mol. The van der Waals surface area contributed by atoms with Crippen molar-refractivity contribution in [1.82, 2.24) is 9.55 Å². The third kappa shape index (κ3) is 5.79. The summed E-state index contributed by atoms with van der Waals surface area (Å²) in [5.41, 5.74) is 2.56. The number of rotatable bonds is 9. The molecule has 3 heterocycles. The number of carbonyl (C=O) groups is 1. The third-order valence-electron chi connectivity index (χ3n) is 5.87. The number of hydrogen-bond acceptors (Lipinski definition) is 7. The average Bonchev–Trinajstić information content (AvgIpc) is 3.52. The largest absolute Gasteiger partial charge is 0.489 e. The van der Waals surface area contributed by atoms with Gasteiger partial charge in [-0.25, -0.2) is 4.98 Å². The minimum absolute atomic E-state index is 0.103. The van der Waals surface area contributed by atoms with E-state index < -0.39 is 0 Å². The number of fused-ring (bicyclic) bond motifs is 1. The summed E-state index contributed by atoms with van der Waals surface area (Å²) in [6, 6.07) is 20.8. The van der Waals surface area contributed by atoms with Gasteiger partial charge in [0, 0.05) is 10.6 Å². The highest BCUT2D eigenvalue weighted by Crippen LogP contribution is 2.29. The lowest BCUT2D eigenvalue weighted by molar-refractivity contribution is -0.113. The first kappa shape index (κ1) is 24.9. The second-order valence-corrected chi connectivity index (χ2v) is 10.6. The molecule has 0 bridgehead atoms. The Bertz CT molecular complexity index is 1570. The minimum atomic E-state index is -0.194. The number of ether oxygens (including phenoxy) is 1. The van der Waals surface area contributed by atoms with Gasteiger partial charge in [-0.05, 0) is 61.4 Å². The number of anilines is 1. The molecule has 1 N–H and O–H groups in total. The van der Waals surface area contributed by atoms with Crippen LogP contribution in [0.3, 0.4) is 0 Å². The molecule has 0 saturated carbocycles. The Labute approximate surface area is 222 Å². The molecular formula is C28H25N3O4S2. The summed E-state index contributed by atoms with van der Waals surface area (Å²) < 4.78 is 12.9. The van der Waals surface area contributed by atoms with Crippen molar-refractivity contribution in [2.24, 2.45) is 0 Å². The van der Waals surface area contributed by atoms with Crippen molar-refractivity contribution < 1.29 is 13.9 Å². The third-order valence-corrected chi connectivity index (χ3v) is 7.94. The van der Waals surface area contributed by atoms with Gasteiger partial charge in [0.2, 0.25) is 5.91 Å². The van der Waals surface area contributed by atoms with Crippen molar-refractivity contribution in [1.29, 1.82) is 0 Å². The number of furan rings is 1. The zero-order valence-electron chi connectivity index (χ0n) is 20.4. The van der Waals surface area contributed by atoms with Crippen molar-refractivity contribution >= 4 is 44.9 Å². The van der Waals surface area contributed by atoms with Crippen LogP contribution in [0.25, 0.3) is 10.2 Å². The van der Waals surface area contributed by atoms with Crippen LogP contribution >= 0.6 is 23.1 Å². The molecule has 0 saturated heterocycles. The second kappa shape index (κ2) is 11.1. The lowest BCUT2D eigenvalue weighted by atomic mass is 10.2. The first-order valence-electron chi connectivity index (χ1n) is 11.7. The summed E-state index contributed by atoms with van der Waals surface area (Å²) in [4.78, 5) is 32.6. The lowest BCUT2D eigenvalue weighted by Gasteiger charge is -2.11. The molecule has 5 rings (SSSR count). The molecule has 0 radical (unpaired) electrons. The minimum Gasteiger partial charge on any atom is -0.489 e. The van der Waals surface area contributed by atoms with Crippen LogP contribution in [-0.2, 0) is 17.9 Å². The molecule has 0 spiro atoms. The molecular weight excluding hydrogens is 506 g/mol. The number of aromatic nitrogens is 2. The average molecular weight is 532 g/mol. The topological polar surface area (TPSA) is 86.4 Å². The normalized spacial score (nSPS) is 11.1. The number of benzene rings is 2. The van der Waals surface area contributed by atoms with Gasteiger partial charge in [0.05, 0.1) is 23.9 Å². The molecule has 5 aromatic rings. The number of aryl methyl sites for hydroxylation is 2. The zero-order valence-corrected chi connectivity index (χ0v) is 22.0. The van der Waals surface area contributed by atoms with Crippen LogP contribution in [0, 0.1) is 13.8 Å². The summed E-state index contributed by atoms with van der Waals surface area (Å²) in [6.07, 6.45) is 1.57. The molecule has 9 heteroatoms. The van der Waals surface area contributed by atoms with E-state index in [0.29, 0.717) is 33.4 Å². The van der Waals surface area contributed by atoms with Crippen LogP contribution in [0.5, 0.6) is 5.75 Å². The zero-order chi connectivity index (χ0) is 25.8. The van der Waals surface area contributed by atoms with Gasteiger partial charge in [0.15, 0.2) is 5.16 Å². The van der Waals surface area contributed by atoms with Gasteiger partial charge in [-0.2, -0.15) is 0 Å². The summed E-state index contributed by atoms with van der Waals surface area (Å²) in [5, 5.41) is 4.00. The molecule has 0 aliphatic carbocycles. The number of carbonyl (C=O) groups excluding carboxylic acids is 1. The maximum Gasteiger partial charge on any atom is 0.263 e. The number of nitrogens with one attached hydrogen (secondary N) is 1. The van der Waals surface area contributed by atoms with E-state index >= 15 is 0 Å². The Kier molecular flexibility index (Phi) is 7.43. The first-order valence-corrected chi connectivity index (χ1v) is 13.5. The maximum absolute atomic E-state index is 13.4. The van der Waals surface area contributed by atoms with E-state index in [0.717, 1.165) is 21.8 Å². The summed E-state index contributed by atoms with van der Waals surface area (Å²) in [7, 11) is 0. The molecule has 0 aliphatic heterocycles. The highest BCUT2D eigenvalue weighted by atomic mass is 32.2. The van der Waals surface area contributed by atoms with Crippen LogP contribution in [0.15, 0.2) is 87.4 Å². The molecule has 0 aliphatic rings. The van der Waals surface area contributed by atoms with Gasteiger partial charge in [0.25, 0.3) is 5.56 Å². The van der Waals surface area contributed by atoms with Gasteiger partial charge in [-0.1, -0.05) is 42.1 Å². The molecule has 0 unspecified atom stereocenters. The van der Waals surface area contributed by atoms with Crippen LogP contribution in [0.1, 0.15) is 21.8 Å². The molecule has 3 aromatic heterocycles. The van der Waals surface area contributed by atoms with E-state index in [1.807, 2.05) is 62.4 Å². The van der Waals surface area contributed by atoms with E-state index in [1.165, 1.54) is 23.1 Å². The molecule has 37 heavy (non-hydrogen) atoms. The first-order chi connectivity index (χ1) is 18.0. The van der Waals surface area contributed by atoms with Crippen molar-refractivity contribution in [3.8, 4) is 5.75 Å². The smallest absolute Gasteiger partial charge is 0.263 e. The van der Waals surface area contributed by atoms with Gasteiger partial charge >= 0.3 is 0 Å². The van der Waals surface area contributed by atoms with E-state index in [-0.39, 0.29) is 23.8 Å². The Balaban J connectivity index is 1.26. The number of thiophene rings is 1. The Morgan fingerprint density at radius 2 is 1.86 bits per heavy atom. The molecule has 1 amide bonds. The Morgan fingerprint density at radius 3 is 2.59 bits per heavy atom. The highest BCUT2D eigenvalue weighted by Gasteiger charge is 2.18. The van der Waals surface area contributed by atoms with Crippen molar-refractivity contribution in [2.45, 2.75) is 32.2 Å². The fourth-order valence-corrected chi connectivity index (χ4v) is 5.69. The maximum atomic E-state index is 13.4. The highest BCUT2D eigenvalue weighted by molar-refractivity contribution is 7.99. The SMILES string of the molecule is Cc1sc2nc(SCC(=O)Nc3ccc(OCc4ccccc4)cc3)n(Cc3ccco3)c(=O)c2c1C. The molecule has 0 atom stereocenters. The number of thioether (sulfide) groups is 1. The fourth-order valence-electron chi connectivity index (χ4n) is 3.82. The lowest BCUT2D eigenvalue weighted by Crippen LogP contribution is -2.24. The van der Waals surface area contributed by atoms with Crippen molar-refractivity contribution in [3.63, 3.8) is 0 Å². The van der Waals surface area contributed by atoms with E-state index in [1.54, 1.807) is 29.0 Å². The number of nitrogens with zero attached hydrogens (tertiary/aromatic N) is 2. The van der Waals surface area contributed by atoms with Crippen LogP contribution in [0.2, 0.25) is 0 Å². The molecule has 188 valence electrons. The fraction of sp³-hybridized carbons (Fsp3) is 0.179. The monoisotopic (exact) mass is 531 g/mol. The molecule has 2 aromatic carbocycles. The van der Waals surface area contributed by atoms with E-state index in [2.05, 4.69) is 5.32 Å². The van der Waals surface area contributed by atoms with Crippen molar-refractivity contribution in [3.05, 3.63) is 105 Å². The van der Waals surface area contributed by atoms with Gasteiger partial charge < -0.3 is 14.5 Å². The predicted octanol–water partition coefficient (Wildman–Crippen LogP) is 6.03. The van der Waals surface area contributed by atoms with Gasteiger partial charge in [0.1, 0.15) is 22.9 Å². The van der Waals surface area contributed by atoms with Crippen LogP contribution < -0.4 is 15.6 Å². The van der Waals surface area contributed by atoms with Gasteiger partial charge in [-0.15, -0.1) is 11.3 Å². The Hall–Kier alpha value is -3.82. The summed E-state index contributed by atoms with van der Waals surface area (Å²) >= 11 is 2.72.